The molecule has 1 fully saturated rings. The Labute approximate surface area is 115 Å². The summed E-state index contributed by atoms with van der Waals surface area (Å²) in [6.45, 7) is 4.40. The fraction of sp³-hybridized carbons (Fsp3) is 0.600. The zero-order valence-electron chi connectivity index (χ0n) is 11.4. The van der Waals surface area contributed by atoms with Gasteiger partial charge in [-0.05, 0) is 55.6 Å². The van der Waals surface area contributed by atoms with Crippen LogP contribution in [-0.4, -0.2) is 17.0 Å². The van der Waals surface area contributed by atoms with Gasteiger partial charge in [0.2, 0.25) is 0 Å². The molecular formula is C15H24N2S. The Bertz CT molecular complexity index is 366. The van der Waals surface area contributed by atoms with Gasteiger partial charge in [0.25, 0.3) is 0 Å². The van der Waals surface area contributed by atoms with Crippen LogP contribution < -0.4 is 11.3 Å². The van der Waals surface area contributed by atoms with Crippen molar-refractivity contribution >= 4 is 11.8 Å². The average Bonchev–Trinajstić information content (AvgIpc) is 2.40. The van der Waals surface area contributed by atoms with Crippen molar-refractivity contribution in [1.82, 2.24) is 5.43 Å². The topological polar surface area (TPSA) is 38.0 Å². The third kappa shape index (κ3) is 3.28. The molecule has 3 heteroatoms. The largest absolute Gasteiger partial charge is 0.271 e. The maximum atomic E-state index is 5.79. The molecule has 0 radical (unpaired) electrons. The highest BCUT2D eigenvalue weighted by molar-refractivity contribution is 8.00. The molecule has 1 aromatic rings. The lowest BCUT2D eigenvalue weighted by Gasteiger charge is -2.30. The molecule has 1 heterocycles. The summed E-state index contributed by atoms with van der Waals surface area (Å²) >= 11 is 2.08. The predicted octanol–water partition coefficient (Wildman–Crippen LogP) is 2.96. The maximum Gasteiger partial charge on any atom is 0.0369 e. The van der Waals surface area contributed by atoms with Gasteiger partial charge in [0.1, 0.15) is 0 Å². The Kier molecular flexibility index (Phi) is 5.10. The first-order valence-electron chi connectivity index (χ1n) is 6.85. The number of hydrogen-bond acceptors (Lipinski definition) is 3. The van der Waals surface area contributed by atoms with Crippen LogP contribution in [0.5, 0.6) is 0 Å². The summed E-state index contributed by atoms with van der Waals surface area (Å²) in [6.07, 6.45) is 5.06. The van der Waals surface area contributed by atoms with E-state index in [1.165, 1.54) is 41.7 Å². The number of benzene rings is 1. The van der Waals surface area contributed by atoms with E-state index in [0.29, 0.717) is 11.3 Å². The van der Waals surface area contributed by atoms with Crippen molar-refractivity contribution in [3.05, 3.63) is 34.9 Å². The number of hydrazine groups is 1. The first-order chi connectivity index (χ1) is 8.72. The highest BCUT2D eigenvalue weighted by atomic mass is 32.2. The predicted molar refractivity (Wildman–Crippen MR) is 80.8 cm³/mol. The summed E-state index contributed by atoms with van der Waals surface area (Å²) in [5, 5.41) is 0.669. The van der Waals surface area contributed by atoms with Crippen LogP contribution in [0.3, 0.4) is 0 Å². The molecule has 0 aromatic heterocycles. The average molecular weight is 264 g/mol. The second-order valence-electron chi connectivity index (χ2n) is 5.25. The molecule has 2 rings (SSSR count). The van der Waals surface area contributed by atoms with Gasteiger partial charge in [-0.15, -0.1) is 0 Å². The van der Waals surface area contributed by atoms with Crippen LogP contribution in [-0.2, 0) is 6.42 Å². The fourth-order valence-electron chi connectivity index (χ4n) is 2.77. The Morgan fingerprint density at radius 2 is 2.06 bits per heavy atom. The molecule has 0 saturated carbocycles. The van der Waals surface area contributed by atoms with Crippen LogP contribution in [0.4, 0.5) is 0 Å². The van der Waals surface area contributed by atoms with Gasteiger partial charge in [-0.3, -0.25) is 11.3 Å². The molecule has 1 saturated heterocycles. The summed E-state index contributed by atoms with van der Waals surface area (Å²) in [7, 11) is 0. The third-order valence-electron chi connectivity index (χ3n) is 3.95. The number of aryl methyl sites for hydroxylation is 2. The van der Waals surface area contributed by atoms with Crippen LogP contribution in [0.25, 0.3) is 0 Å². The molecule has 3 N–H and O–H groups in total. The third-order valence-corrected chi connectivity index (χ3v) is 5.46. The van der Waals surface area contributed by atoms with E-state index >= 15 is 0 Å². The second kappa shape index (κ2) is 6.60. The van der Waals surface area contributed by atoms with E-state index in [1.54, 1.807) is 0 Å². The van der Waals surface area contributed by atoms with Crippen molar-refractivity contribution in [1.29, 1.82) is 0 Å². The molecule has 2 nitrogen and oxygen atoms in total. The summed E-state index contributed by atoms with van der Waals surface area (Å²) in [5.74, 6) is 7.08. The lowest BCUT2D eigenvalue weighted by molar-refractivity contribution is 0.471. The minimum absolute atomic E-state index is 0.398. The van der Waals surface area contributed by atoms with Crippen molar-refractivity contribution < 1.29 is 0 Å². The van der Waals surface area contributed by atoms with Gasteiger partial charge in [0.15, 0.2) is 0 Å². The Morgan fingerprint density at radius 3 is 2.61 bits per heavy atom. The highest BCUT2D eigenvalue weighted by Crippen LogP contribution is 2.29. The van der Waals surface area contributed by atoms with Gasteiger partial charge in [0, 0.05) is 11.3 Å². The van der Waals surface area contributed by atoms with Gasteiger partial charge in [0.05, 0.1) is 0 Å². The number of hydrogen-bond donors (Lipinski definition) is 2. The van der Waals surface area contributed by atoms with Crippen LogP contribution >= 0.6 is 11.8 Å². The smallest absolute Gasteiger partial charge is 0.0369 e. The normalized spacial score (nSPS) is 21.8. The lowest BCUT2D eigenvalue weighted by atomic mass is 9.94. The van der Waals surface area contributed by atoms with E-state index in [0.717, 1.165) is 6.42 Å². The lowest BCUT2D eigenvalue weighted by Crippen LogP contribution is -2.45. The van der Waals surface area contributed by atoms with E-state index in [4.69, 9.17) is 5.84 Å². The molecular weight excluding hydrogens is 240 g/mol. The van der Waals surface area contributed by atoms with Gasteiger partial charge >= 0.3 is 0 Å². The first kappa shape index (κ1) is 13.9. The first-order valence-corrected chi connectivity index (χ1v) is 7.90. The van der Waals surface area contributed by atoms with E-state index < -0.39 is 0 Å². The van der Waals surface area contributed by atoms with Crippen molar-refractivity contribution in [2.45, 2.75) is 50.8 Å². The highest BCUT2D eigenvalue weighted by Gasteiger charge is 2.24. The van der Waals surface area contributed by atoms with Gasteiger partial charge in [-0.2, -0.15) is 11.8 Å². The number of rotatable bonds is 4. The van der Waals surface area contributed by atoms with Gasteiger partial charge in [-0.1, -0.05) is 24.6 Å². The van der Waals surface area contributed by atoms with Crippen molar-refractivity contribution in [2.24, 2.45) is 5.84 Å². The zero-order valence-corrected chi connectivity index (χ0v) is 12.2. The van der Waals surface area contributed by atoms with Crippen LogP contribution in [0.15, 0.2) is 18.2 Å². The Hall–Kier alpha value is -0.510. The van der Waals surface area contributed by atoms with E-state index in [-0.39, 0.29) is 0 Å². The SMILES string of the molecule is Cc1cccc(C)c1CC(NN)C1CCCCS1. The molecule has 0 spiro atoms. The van der Waals surface area contributed by atoms with E-state index in [1.807, 2.05) is 0 Å². The minimum Gasteiger partial charge on any atom is -0.271 e. The summed E-state index contributed by atoms with van der Waals surface area (Å²) in [6, 6.07) is 6.93. The molecule has 100 valence electrons. The molecule has 1 aromatic carbocycles. The van der Waals surface area contributed by atoms with Crippen LogP contribution in [0.2, 0.25) is 0 Å². The van der Waals surface area contributed by atoms with Crippen molar-refractivity contribution in [2.75, 3.05) is 5.75 Å². The molecule has 0 amide bonds. The number of nitrogens with two attached hydrogens (primary N) is 1. The van der Waals surface area contributed by atoms with Crippen LogP contribution in [0, 0.1) is 13.8 Å². The molecule has 1 aliphatic heterocycles. The summed E-state index contributed by atoms with van der Waals surface area (Å²) in [5.41, 5.74) is 7.29. The number of nitrogens with one attached hydrogen (secondary N) is 1. The monoisotopic (exact) mass is 264 g/mol. The quantitative estimate of drug-likeness (QED) is 0.648. The van der Waals surface area contributed by atoms with E-state index in [2.05, 4.69) is 49.2 Å². The zero-order chi connectivity index (χ0) is 13.0. The Balaban J connectivity index is 2.09. The van der Waals surface area contributed by atoms with Gasteiger partial charge in [-0.25, -0.2) is 0 Å². The van der Waals surface area contributed by atoms with Crippen molar-refractivity contribution in [3.63, 3.8) is 0 Å². The maximum absolute atomic E-state index is 5.79. The van der Waals surface area contributed by atoms with Crippen molar-refractivity contribution in [3.8, 4) is 0 Å². The standard InChI is InChI=1S/C15H24N2S/c1-11-6-5-7-12(2)13(11)10-14(17-16)15-8-3-4-9-18-15/h5-7,14-15,17H,3-4,8-10,16H2,1-2H3. The Morgan fingerprint density at radius 1 is 1.33 bits per heavy atom. The van der Waals surface area contributed by atoms with E-state index in [9.17, 15) is 0 Å². The molecule has 1 aliphatic rings. The number of thioether (sulfide) groups is 1. The molecule has 2 atom stereocenters. The summed E-state index contributed by atoms with van der Waals surface area (Å²) in [4.78, 5) is 0. The fourth-order valence-corrected chi connectivity index (χ4v) is 4.19. The molecule has 0 bridgehead atoms. The molecule has 2 unspecified atom stereocenters. The second-order valence-corrected chi connectivity index (χ2v) is 6.60. The van der Waals surface area contributed by atoms with Gasteiger partial charge < -0.3 is 0 Å². The molecule has 18 heavy (non-hydrogen) atoms. The van der Waals surface area contributed by atoms with Crippen LogP contribution in [0.1, 0.15) is 36.0 Å². The minimum atomic E-state index is 0.398. The summed E-state index contributed by atoms with van der Waals surface area (Å²) < 4.78 is 0. The molecule has 0 aliphatic carbocycles.